The van der Waals surface area contributed by atoms with E-state index in [9.17, 15) is 22.8 Å². The van der Waals surface area contributed by atoms with E-state index in [4.69, 9.17) is 4.74 Å². The predicted molar refractivity (Wildman–Crippen MR) is 110 cm³/mol. The quantitative estimate of drug-likeness (QED) is 0.643. The molecule has 0 fully saturated rings. The highest BCUT2D eigenvalue weighted by atomic mass is 19.1. The molecule has 0 unspecified atom stereocenters. The van der Waals surface area contributed by atoms with Crippen LogP contribution in [0.4, 0.5) is 18.0 Å². The zero-order chi connectivity index (χ0) is 22.9. The molecular formula is C22H22F3N3O3. The zero-order valence-corrected chi connectivity index (χ0v) is 17.5. The van der Waals surface area contributed by atoms with Crippen LogP contribution in [0.1, 0.15) is 46.0 Å². The summed E-state index contributed by atoms with van der Waals surface area (Å²) in [5.74, 6) is -2.43. The summed E-state index contributed by atoms with van der Waals surface area (Å²) in [7, 11) is 0. The topological polar surface area (TPSA) is 73.2 Å². The Balaban J connectivity index is 2.24. The first-order valence-corrected chi connectivity index (χ1v) is 9.66. The lowest BCUT2D eigenvalue weighted by Crippen LogP contribution is -2.37. The van der Waals surface area contributed by atoms with Crippen LogP contribution in [0.25, 0.3) is 16.6 Å². The molecule has 0 saturated heterocycles. The van der Waals surface area contributed by atoms with Gasteiger partial charge in [-0.3, -0.25) is 9.36 Å². The molecule has 0 spiro atoms. The van der Waals surface area contributed by atoms with E-state index < -0.39 is 40.7 Å². The number of nitrogens with zero attached hydrogens (tertiary/aromatic N) is 2. The summed E-state index contributed by atoms with van der Waals surface area (Å²) < 4.78 is 47.8. The van der Waals surface area contributed by atoms with Gasteiger partial charge in [-0.25, -0.2) is 22.9 Å². The van der Waals surface area contributed by atoms with Crippen molar-refractivity contribution in [3.8, 4) is 5.69 Å². The fourth-order valence-electron chi connectivity index (χ4n) is 3.13. The first-order chi connectivity index (χ1) is 14.5. The van der Waals surface area contributed by atoms with Gasteiger partial charge in [-0.15, -0.1) is 0 Å². The van der Waals surface area contributed by atoms with Crippen LogP contribution >= 0.6 is 0 Å². The molecule has 0 radical (unpaired) electrons. The molecule has 6 nitrogen and oxygen atoms in total. The molecule has 3 aromatic rings. The third kappa shape index (κ3) is 5.04. The van der Waals surface area contributed by atoms with Gasteiger partial charge in [-0.1, -0.05) is 6.92 Å². The maximum absolute atomic E-state index is 13.9. The van der Waals surface area contributed by atoms with Gasteiger partial charge in [0.15, 0.2) is 0 Å². The first-order valence-electron chi connectivity index (χ1n) is 9.66. The number of aromatic nitrogens is 2. The fraction of sp³-hybridized carbons (Fsp3) is 0.318. The highest BCUT2D eigenvalue weighted by molar-refractivity contribution is 5.78. The summed E-state index contributed by atoms with van der Waals surface area (Å²) in [6, 6.07) is 5.23. The lowest BCUT2D eigenvalue weighted by atomic mass is 10.1. The second-order valence-electron chi connectivity index (χ2n) is 8.01. The smallest absolute Gasteiger partial charge is 0.408 e. The highest BCUT2D eigenvalue weighted by Crippen LogP contribution is 2.22. The molecule has 0 saturated carbocycles. The highest BCUT2D eigenvalue weighted by Gasteiger charge is 2.25. The summed E-state index contributed by atoms with van der Waals surface area (Å²) in [6.45, 7) is 6.82. The minimum absolute atomic E-state index is 0.0301. The molecule has 2 aromatic carbocycles. The number of alkyl carbamates (subject to hydrolysis) is 1. The summed E-state index contributed by atoms with van der Waals surface area (Å²) in [4.78, 5) is 30.0. The standard InChI is InChI=1S/C22H22F3N3O3/c1-5-17(27-21(30)31-22(2,3)4)19-26-18-7-6-12(23)11-16(18)20(29)28(19)15-9-13(24)8-14(25)10-15/h6-11,17H,5H2,1-4H3,(H,27,30)/t17-/m0/s1. The largest absolute Gasteiger partial charge is 0.444 e. The third-order valence-electron chi connectivity index (χ3n) is 4.37. The van der Waals surface area contributed by atoms with E-state index in [1.54, 1.807) is 27.7 Å². The predicted octanol–water partition coefficient (Wildman–Crippen LogP) is 4.78. The van der Waals surface area contributed by atoms with Crippen LogP contribution < -0.4 is 10.9 Å². The Hall–Kier alpha value is -3.36. The molecule has 1 amide bonds. The number of carbonyl (C=O) groups is 1. The molecule has 0 aliphatic carbocycles. The molecule has 31 heavy (non-hydrogen) atoms. The van der Waals surface area contributed by atoms with Crippen molar-refractivity contribution in [2.24, 2.45) is 0 Å². The molecule has 3 rings (SSSR count). The molecule has 1 N–H and O–H groups in total. The van der Waals surface area contributed by atoms with Crippen LogP contribution in [0.3, 0.4) is 0 Å². The molecule has 9 heteroatoms. The average Bonchev–Trinajstić information content (AvgIpc) is 2.64. The van der Waals surface area contributed by atoms with Crippen molar-refractivity contribution in [3.05, 3.63) is 70.0 Å². The van der Waals surface area contributed by atoms with E-state index in [1.165, 1.54) is 6.07 Å². The Morgan fingerprint density at radius 2 is 1.74 bits per heavy atom. The minimum atomic E-state index is -0.902. The van der Waals surface area contributed by atoms with E-state index in [0.29, 0.717) is 6.07 Å². The van der Waals surface area contributed by atoms with Crippen LogP contribution in [-0.4, -0.2) is 21.2 Å². The van der Waals surface area contributed by atoms with Crippen molar-refractivity contribution in [1.82, 2.24) is 14.9 Å². The van der Waals surface area contributed by atoms with Gasteiger partial charge in [0.2, 0.25) is 0 Å². The number of carbonyl (C=O) groups excluding carboxylic acids is 1. The second-order valence-corrected chi connectivity index (χ2v) is 8.01. The molecule has 1 aromatic heterocycles. The fourth-order valence-corrected chi connectivity index (χ4v) is 3.13. The van der Waals surface area contributed by atoms with Gasteiger partial charge >= 0.3 is 6.09 Å². The van der Waals surface area contributed by atoms with Crippen LogP contribution in [-0.2, 0) is 4.74 Å². The molecule has 164 valence electrons. The van der Waals surface area contributed by atoms with E-state index in [1.807, 2.05) is 0 Å². The van der Waals surface area contributed by atoms with Gasteiger partial charge in [-0.05, 0) is 57.5 Å². The van der Waals surface area contributed by atoms with Gasteiger partial charge in [-0.2, -0.15) is 0 Å². The van der Waals surface area contributed by atoms with E-state index in [2.05, 4.69) is 10.3 Å². The van der Waals surface area contributed by atoms with Crippen molar-refractivity contribution in [2.45, 2.75) is 45.8 Å². The molecule has 0 aliphatic rings. The Morgan fingerprint density at radius 3 is 2.32 bits per heavy atom. The van der Waals surface area contributed by atoms with Gasteiger partial charge in [0.1, 0.15) is 28.9 Å². The van der Waals surface area contributed by atoms with Crippen LogP contribution in [0.15, 0.2) is 41.2 Å². The number of nitrogens with one attached hydrogen (secondary N) is 1. The minimum Gasteiger partial charge on any atom is -0.444 e. The van der Waals surface area contributed by atoms with Gasteiger partial charge in [0, 0.05) is 6.07 Å². The van der Waals surface area contributed by atoms with Gasteiger partial charge < -0.3 is 10.1 Å². The summed E-state index contributed by atoms with van der Waals surface area (Å²) in [5.41, 5.74) is -1.45. The number of amides is 1. The summed E-state index contributed by atoms with van der Waals surface area (Å²) in [6.07, 6.45) is -0.458. The first kappa shape index (κ1) is 22.3. The lowest BCUT2D eigenvalue weighted by Gasteiger charge is -2.24. The summed E-state index contributed by atoms with van der Waals surface area (Å²) >= 11 is 0. The Bertz CT molecular complexity index is 1180. The number of benzene rings is 2. The van der Waals surface area contributed by atoms with E-state index in [-0.39, 0.29) is 28.8 Å². The van der Waals surface area contributed by atoms with Crippen molar-refractivity contribution < 1.29 is 22.7 Å². The lowest BCUT2D eigenvalue weighted by molar-refractivity contribution is 0.0499. The molecular weight excluding hydrogens is 411 g/mol. The van der Waals surface area contributed by atoms with Crippen molar-refractivity contribution in [2.75, 3.05) is 0 Å². The van der Waals surface area contributed by atoms with Crippen molar-refractivity contribution in [3.63, 3.8) is 0 Å². The third-order valence-corrected chi connectivity index (χ3v) is 4.37. The van der Waals surface area contributed by atoms with Crippen LogP contribution in [0.5, 0.6) is 0 Å². The molecule has 1 atom stereocenters. The van der Waals surface area contributed by atoms with E-state index in [0.717, 1.165) is 28.8 Å². The normalized spacial score (nSPS) is 12.6. The maximum Gasteiger partial charge on any atom is 0.408 e. The number of halogens is 3. The number of rotatable bonds is 4. The molecule has 0 aliphatic heterocycles. The maximum atomic E-state index is 13.9. The van der Waals surface area contributed by atoms with E-state index >= 15 is 0 Å². The monoisotopic (exact) mass is 433 g/mol. The van der Waals surface area contributed by atoms with Crippen molar-refractivity contribution >= 4 is 17.0 Å². The van der Waals surface area contributed by atoms with Gasteiger partial charge in [0.05, 0.1) is 22.6 Å². The zero-order valence-electron chi connectivity index (χ0n) is 17.5. The Labute approximate surface area is 176 Å². The number of ether oxygens (including phenoxy) is 1. The number of fused-ring (bicyclic) bond motifs is 1. The molecule has 1 heterocycles. The van der Waals surface area contributed by atoms with Crippen LogP contribution in [0, 0.1) is 17.5 Å². The Morgan fingerprint density at radius 1 is 1.10 bits per heavy atom. The average molecular weight is 433 g/mol. The number of hydrogen-bond acceptors (Lipinski definition) is 4. The second kappa shape index (κ2) is 8.41. The van der Waals surface area contributed by atoms with Gasteiger partial charge in [0.25, 0.3) is 5.56 Å². The summed E-state index contributed by atoms with van der Waals surface area (Å²) in [5, 5.41) is 2.57. The SMILES string of the molecule is CC[C@H](NC(=O)OC(C)(C)C)c1nc2ccc(F)cc2c(=O)n1-c1cc(F)cc(F)c1. The number of hydrogen-bond donors (Lipinski definition) is 1. The van der Waals surface area contributed by atoms with Crippen molar-refractivity contribution in [1.29, 1.82) is 0 Å². The Kier molecular flexibility index (Phi) is 6.06. The molecule has 0 bridgehead atoms. The van der Waals surface area contributed by atoms with Crippen LogP contribution in [0.2, 0.25) is 0 Å².